The number of nitrogens with zero attached hydrogens (tertiary/aromatic N) is 1. The van der Waals surface area contributed by atoms with Crippen molar-refractivity contribution >= 4 is 11.7 Å². The third kappa shape index (κ3) is 4.09. The molecule has 1 heterocycles. The van der Waals surface area contributed by atoms with Crippen LogP contribution in [0.25, 0.3) is 0 Å². The number of ether oxygens (including phenoxy) is 1. The number of hydrogen-bond donors (Lipinski definition) is 3. The highest BCUT2D eigenvalue weighted by Gasteiger charge is 2.03. The zero-order valence-electron chi connectivity index (χ0n) is 8.95. The van der Waals surface area contributed by atoms with Crippen LogP contribution in [0.1, 0.15) is 0 Å². The average Bonchev–Trinajstić information content (AvgIpc) is 2.28. The van der Waals surface area contributed by atoms with Crippen LogP contribution in [0.5, 0.6) is 0 Å². The molecule has 1 aromatic heterocycles. The number of carbonyl (C=O) groups is 1. The predicted molar refractivity (Wildman–Crippen MR) is 58.2 cm³/mol. The van der Waals surface area contributed by atoms with Gasteiger partial charge >= 0.3 is 0 Å². The molecule has 88 valence electrons. The number of H-pyrrole nitrogens is 1. The smallest absolute Gasteiger partial charge is 0.290 e. The van der Waals surface area contributed by atoms with Crippen LogP contribution in [-0.4, -0.2) is 42.7 Å². The van der Waals surface area contributed by atoms with E-state index in [4.69, 9.17) is 4.74 Å². The summed E-state index contributed by atoms with van der Waals surface area (Å²) in [5.41, 5.74) is -0.354. The van der Waals surface area contributed by atoms with Crippen LogP contribution in [0.2, 0.25) is 0 Å². The van der Waals surface area contributed by atoms with E-state index in [1.807, 2.05) is 0 Å². The lowest BCUT2D eigenvalue weighted by molar-refractivity contribution is -0.119. The molecule has 0 aliphatic rings. The summed E-state index contributed by atoms with van der Waals surface area (Å²) in [6.07, 6.45) is 2.86. The number of anilines is 1. The van der Waals surface area contributed by atoms with Crippen LogP contribution in [0.4, 0.5) is 5.82 Å². The van der Waals surface area contributed by atoms with Crippen molar-refractivity contribution in [1.82, 2.24) is 15.3 Å². The van der Waals surface area contributed by atoms with Gasteiger partial charge in [0.05, 0.1) is 13.2 Å². The van der Waals surface area contributed by atoms with Gasteiger partial charge in [-0.2, -0.15) is 0 Å². The fourth-order valence-corrected chi connectivity index (χ4v) is 0.997. The molecule has 7 nitrogen and oxygen atoms in total. The van der Waals surface area contributed by atoms with Crippen molar-refractivity contribution in [2.24, 2.45) is 0 Å². The van der Waals surface area contributed by atoms with E-state index in [0.717, 1.165) is 0 Å². The summed E-state index contributed by atoms with van der Waals surface area (Å²) in [6.45, 7) is 0.898. The topological polar surface area (TPSA) is 96.1 Å². The molecule has 0 saturated carbocycles. The second kappa shape index (κ2) is 6.57. The second-order valence-corrected chi connectivity index (χ2v) is 2.96. The number of amides is 1. The van der Waals surface area contributed by atoms with Gasteiger partial charge in [0.15, 0.2) is 5.82 Å². The molecule has 0 radical (unpaired) electrons. The lowest BCUT2D eigenvalue weighted by atomic mass is 10.5. The first-order chi connectivity index (χ1) is 7.74. The maximum absolute atomic E-state index is 11.2. The first kappa shape index (κ1) is 12.2. The van der Waals surface area contributed by atoms with Crippen molar-refractivity contribution < 1.29 is 9.53 Å². The molecular weight excluding hydrogens is 212 g/mol. The Kier molecular flexibility index (Phi) is 5.00. The lowest BCUT2D eigenvalue weighted by Crippen LogP contribution is -2.33. The Morgan fingerprint density at radius 3 is 3.12 bits per heavy atom. The maximum atomic E-state index is 11.2. The highest BCUT2D eigenvalue weighted by molar-refractivity contribution is 5.80. The van der Waals surface area contributed by atoms with Gasteiger partial charge in [0, 0.05) is 26.0 Å². The van der Waals surface area contributed by atoms with Crippen molar-refractivity contribution in [2.75, 3.05) is 32.1 Å². The van der Waals surface area contributed by atoms with Gasteiger partial charge in [-0.05, 0) is 0 Å². The average molecular weight is 226 g/mol. The van der Waals surface area contributed by atoms with Gasteiger partial charge in [-0.25, -0.2) is 4.98 Å². The van der Waals surface area contributed by atoms with Gasteiger partial charge in [0.25, 0.3) is 5.56 Å². The number of methoxy groups -OCH3 is 1. The molecule has 1 aromatic rings. The number of hydrogen-bond acceptors (Lipinski definition) is 5. The molecule has 1 amide bonds. The Hall–Kier alpha value is -1.89. The number of aromatic amines is 1. The molecule has 7 heteroatoms. The van der Waals surface area contributed by atoms with Crippen molar-refractivity contribution in [3.8, 4) is 0 Å². The molecule has 3 N–H and O–H groups in total. The number of nitrogens with one attached hydrogen (secondary N) is 3. The van der Waals surface area contributed by atoms with Crippen LogP contribution < -0.4 is 16.2 Å². The minimum Gasteiger partial charge on any atom is -0.383 e. The minimum absolute atomic E-state index is 0.00378. The summed E-state index contributed by atoms with van der Waals surface area (Å²) in [4.78, 5) is 28.6. The molecule has 1 rings (SSSR count). The fourth-order valence-electron chi connectivity index (χ4n) is 0.997. The van der Waals surface area contributed by atoms with E-state index in [1.54, 1.807) is 7.11 Å². The summed E-state index contributed by atoms with van der Waals surface area (Å²) in [7, 11) is 1.55. The van der Waals surface area contributed by atoms with E-state index in [1.165, 1.54) is 12.4 Å². The monoisotopic (exact) mass is 226 g/mol. The zero-order chi connectivity index (χ0) is 11.8. The van der Waals surface area contributed by atoms with Gasteiger partial charge in [0.2, 0.25) is 5.91 Å². The third-order valence-electron chi connectivity index (χ3n) is 1.75. The van der Waals surface area contributed by atoms with Gasteiger partial charge in [0.1, 0.15) is 0 Å². The predicted octanol–water partition coefficient (Wildman–Crippen LogP) is -1.06. The summed E-state index contributed by atoms with van der Waals surface area (Å²) in [6, 6.07) is 0. The van der Waals surface area contributed by atoms with Crippen LogP contribution in [0.3, 0.4) is 0 Å². The first-order valence-electron chi connectivity index (χ1n) is 4.77. The van der Waals surface area contributed by atoms with Crippen LogP contribution in [0, 0.1) is 0 Å². The molecule has 0 atom stereocenters. The molecule has 0 saturated heterocycles. The number of aromatic nitrogens is 2. The second-order valence-electron chi connectivity index (χ2n) is 2.96. The van der Waals surface area contributed by atoms with E-state index in [-0.39, 0.29) is 23.8 Å². The summed E-state index contributed by atoms with van der Waals surface area (Å²) >= 11 is 0. The van der Waals surface area contributed by atoms with Gasteiger partial charge < -0.3 is 20.4 Å². The molecule has 0 spiro atoms. The Labute approximate surface area is 92.2 Å². The highest BCUT2D eigenvalue weighted by atomic mass is 16.5. The molecule has 0 fully saturated rings. The van der Waals surface area contributed by atoms with Crippen LogP contribution in [-0.2, 0) is 9.53 Å². The molecule has 0 bridgehead atoms. The summed E-state index contributed by atoms with van der Waals surface area (Å²) in [5, 5.41) is 5.24. The Bertz CT molecular complexity index is 390. The first-order valence-corrected chi connectivity index (χ1v) is 4.77. The third-order valence-corrected chi connectivity index (χ3v) is 1.75. The Morgan fingerprint density at radius 2 is 2.44 bits per heavy atom. The molecule has 0 unspecified atom stereocenters. The number of rotatable bonds is 6. The van der Waals surface area contributed by atoms with E-state index in [9.17, 15) is 9.59 Å². The van der Waals surface area contributed by atoms with Crippen LogP contribution >= 0.6 is 0 Å². The van der Waals surface area contributed by atoms with Crippen molar-refractivity contribution in [2.45, 2.75) is 0 Å². The minimum atomic E-state index is -0.354. The number of carbonyl (C=O) groups excluding carboxylic acids is 1. The van der Waals surface area contributed by atoms with Crippen molar-refractivity contribution in [3.05, 3.63) is 22.7 Å². The maximum Gasteiger partial charge on any atom is 0.290 e. The Morgan fingerprint density at radius 1 is 1.62 bits per heavy atom. The molecule has 0 aromatic carbocycles. The summed E-state index contributed by atoms with van der Waals surface area (Å²) < 4.78 is 4.77. The molecule has 16 heavy (non-hydrogen) atoms. The highest BCUT2D eigenvalue weighted by Crippen LogP contribution is 1.87. The van der Waals surface area contributed by atoms with E-state index in [0.29, 0.717) is 13.2 Å². The largest absolute Gasteiger partial charge is 0.383 e. The quantitative estimate of drug-likeness (QED) is 0.537. The molecule has 0 aliphatic carbocycles. The standard InChI is InChI=1S/C9H14N4O3/c1-16-5-4-10-7(14)6-13-8-9(15)12-3-2-11-8/h2-3H,4-6H2,1H3,(H,10,14)(H,11,13)(H,12,15). The normalized spacial score (nSPS) is 9.81. The van der Waals surface area contributed by atoms with Gasteiger partial charge in [-0.1, -0.05) is 0 Å². The SMILES string of the molecule is COCCNC(=O)CNc1ncc[nH]c1=O. The Balaban J connectivity index is 2.32. The van der Waals surface area contributed by atoms with Crippen LogP contribution in [0.15, 0.2) is 17.2 Å². The van der Waals surface area contributed by atoms with E-state index < -0.39 is 0 Å². The molecular formula is C9H14N4O3. The fraction of sp³-hybridized carbons (Fsp3) is 0.444. The van der Waals surface area contributed by atoms with Crippen molar-refractivity contribution in [1.29, 1.82) is 0 Å². The summed E-state index contributed by atoms with van der Waals surface area (Å²) in [5.74, 6) is -0.0912. The van der Waals surface area contributed by atoms with Gasteiger partial charge in [-0.3, -0.25) is 9.59 Å². The zero-order valence-corrected chi connectivity index (χ0v) is 8.95. The van der Waals surface area contributed by atoms with Gasteiger partial charge in [-0.15, -0.1) is 0 Å². The van der Waals surface area contributed by atoms with E-state index >= 15 is 0 Å². The van der Waals surface area contributed by atoms with Crippen molar-refractivity contribution in [3.63, 3.8) is 0 Å². The van der Waals surface area contributed by atoms with E-state index in [2.05, 4.69) is 20.6 Å². The molecule has 0 aliphatic heterocycles. The lowest BCUT2D eigenvalue weighted by Gasteiger charge is -2.05.